The molecule has 1 aliphatic heterocycles. The van der Waals surface area contributed by atoms with Crippen molar-refractivity contribution in [3.63, 3.8) is 0 Å². The molecule has 0 radical (unpaired) electrons. The molecule has 0 saturated carbocycles. The van der Waals surface area contributed by atoms with Crippen LogP contribution < -0.4 is 0 Å². The molecule has 0 aromatic heterocycles. The molecule has 0 bridgehead atoms. The molecule has 1 aromatic rings. The molecular formula is C16H21NO4. The van der Waals surface area contributed by atoms with E-state index in [-0.39, 0.29) is 12.3 Å². The van der Waals surface area contributed by atoms with Crippen molar-refractivity contribution in [2.24, 2.45) is 0 Å². The van der Waals surface area contributed by atoms with Crippen LogP contribution in [-0.4, -0.2) is 48.7 Å². The maximum Gasteiger partial charge on any atom is 0.303 e. The molecule has 0 spiro atoms. The first-order chi connectivity index (χ1) is 10.1. The Morgan fingerprint density at radius 1 is 1.43 bits per heavy atom. The minimum atomic E-state index is -0.834. The Bertz CT molecular complexity index is 509. The molecular weight excluding hydrogens is 270 g/mol. The van der Waals surface area contributed by atoms with Gasteiger partial charge in [-0.25, -0.2) is 0 Å². The fraction of sp³-hybridized carbons (Fsp3) is 0.500. The van der Waals surface area contributed by atoms with Gasteiger partial charge >= 0.3 is 5.97 Å². The van der Waals surface area contributed by atoms with Crippen molar-refractivity contribution in [2.45, 2.75) is 25.2 Å². The largest absolute Gasteiger partial charge is 0.481 e. The van der Waals surface area contributed by atoms with Crippen LogP contribution in [0.1, 0.15) is 41.1 Å². The summed E-state index contributed by atoms with van der Waals surface area (Å²) < 4.78 is 5.38. The minimum Gasteiger partial charge on any atom is -0.481 e. The third kappa shape index (κ3) is 4.29. The molecule has 1 aromatic carbocycles. The number of carbonyl (C=O) groups is 2. The quantitative estimate of drug-likeness (QED) is 0.872. The molecule has 5 nitrogen and oxygen atoms in total. The summed E-state index contributed by atoms with van der Waals surface area (Å²) in [6.07, 6.45) is 1.54. The van der Waals surface area contributed by atoms with Crippen molar-refractivity contribution in [3.05, 3.63) is 35.4 Å². The summed E-state index contributed by atoms with van der Waals surface area (Å²) in [5, 5.41) is 8.62. The maximum absolute atomic E-state index is 12.3. The average Bonchev–Trinajstić information content (AvgIpc) is 3.00. The molecule has 1 unspecified atom stereocenters. The molecule has 1 amide bonds. The van der Waals surface area contributed by atoms with E-state index in [0.29, 0.717) is 31.1 Å². The number of ether oxygens (including phenoxy) is 1. The fourth-order valence-electron chi connectivity index (χ4n) is 2.51. The number of carboxylic acid groups (broad SMARTS) is 1. The highest BCUT2D eigenvalue weighted by atomic mass is 16.5. The van der Waals surface area contributed by atoms with Crippen molar-refractivity contribution >= 4 is 11.9 Å². The van der Waals surface area contributed by atoms with Crippen LogP contribution in [0.25, 0.3) is 0 Å². The normalized spacial score (nSPS) is 17.7. The SMILES string of the molecule is CN(CCCC(=O)O)C(=O)c1cccc(C2CCOC2)c1. The molecule has 1 heterocycles. The molecule has 1 aliphatic rings. The predicted molar refractivity (Wildman–Crippen MR) is 78.4 cm³/mol. The highest BCUT2D eigenvalue weighted by molar-refractivity contribution is 5.94. The molecule has 5 heteroatoms. The Hall–Kier alpha value is -1.88. The number of hydrogen-bond donors (Lipinski definition) is 1. The lowest BCUT2D eigenvalue weighted by molar-refractivity contribution is -0.137. The average molecular weight is 291 g/mol. The predicted octanol–water partition coefficient (Wildman–Crippen LogP) is 2.13. The van der Waals surface area contributed by atoms with Gasteiger partial charge in [0.1, 0.15) is 0 Å². The first-order valence-corrected chi connectivity index (χ1v) is 7.23. The van der Waals surface area contributed by atoms with Gasteiger partial charge in [0.15, 0.2) is 0 Å². The molecule has 21 heavy (non-hydrogen) atoms. The lowest BCUT2D eigenvalue weighted by Gasteiger charge is -2.18. The fourth-order valence-corrected chi connectivity index (χ4v) is 2.51. The van der Waals surface area contributed by atoms with Crippen LogP contribution in [0.4, 0.5) is 0 Å². The minimum absolute atomic E-state index is 0.0684. The number of benzene rings is 1. The van der Waals surface area contributed by atoms with Crippen molar-refractivity contribution in [1.29, 1.82) is 0 Å². The Balaban J connectivity index is 1.98. The maximum atomic E-state index is 12.3. The van der Waals surface area contributed by atoms with Gasteiger partial charge in [-0.1, -0.05) is 12.1 Å². The van der Waals surface area contributed by atoms with E-state index in [2.05, 4.69) is 0 Å². The summed E-state index contributed by atoms with van der Waals surface area (Å²) in [6, 6.07) is 7.65. The topological polar surface area (TPSA) is 66.8 Å². The molecule has 0 aliphatic carbocycles. The summed E-state index contributed by atoms with van der Waals surface area (Å²) in [7, 11) is 1.70. The van der Waals surface area contributed by atoms with E-state index in [1.807, 2.05) is 18.2 Å². The lowest BCUT2D eigenvalue weighted by atomic mass is 9.96. The van der Waals surface area contributed by atoms with E-state index in [9.17, 15) is 9.59 Å². The van der Waals surface area contributed by atoms with E-state index >= 15 is 0 Å². The van der Waals surface area contributed by atoms with Gasteiger partial charge in [-0.3, -0.25) is 9.59 Å². The molecule has 1 atom stereocenters. The monoisotopic (exact) mass is 291 g/mol. The number of carboxylic acids is 1. The van der Waals surface area contributed by atoms with E-state index in [1.165, 1.54) is 0 Å². The molecule has 1 saturated heterocycles. The molecule has 2 rings (SSSR count). The second kappa shape index (κ2) is 7.22. The van der Waals surface area contributed by atoms with Crippen molar-refractivity contribution in [1.82, 2.24) is 4.90 Å². The highest BCUT2D eigenvalue weighted by Gasteiger charge is 2.19. The zero-order valence-electron chi connectivity index (χ0n) is 12.2. The van der Waals surface area contributed by atoms with Crippen LogP contribution in [-0.2, 0) is 9.53 Å². The molecule has 1 fully saturated rings. The third-order valence-electron chi connectivity index (χ3n) is 3.77. The lowest BCUT2D eigenvalue weighted by Crippen LogP contribution is -2.28. The number of aliphatic carboxylic acids is 1. The van der Waals surface area contributed by atoms with E-state index in [1.54, 1.807) is 18.0 Å². The zero-order chi connectivity index (χ0) is 15.2. The van der Waals surface area contributed by atoms with Crippen LogP contribution in [0.15, 0.2) is 24.3 Å². The van der Waals surface area contributed by atoms with Crippen LogP contribution in [0, 0.1) is 0 Å². The summed E-state index contributed by atoms with van der Waals surface area (Å²) in [5.41, 5.74) is 1.79. The summed E-state index contributed by atoms with van der Waals surface area (Å²) in [6.45, 7) is 1.94. The van der Waals surface area contributed by atoms with Gasteiger partial charge in [0.25, 0.3) is 5.91 Å². The smallest absolute Gasteiger partial charge is 0.303 e. The number of amides is 1. The number of hydrogen-bond acceptors (Lipinski definition) is 3. The third-order valence-corrected chi connectivity index (χ3v) is 3.77. The van der Waals surface area contributed by atoms with Crippen molar-refractivity contribution < 1.29 is 19.4 Å². The summed E-state index contributed by atoms with van der Waals surface area (Å²) in [5.74, 6) is -0.532. The van der Waals surface area contributed by atoms with Gasteiger partial charge in [-0.05, 0) is 30.5 Å². The van der Waals surface area contributed by atoms with Crippen molar-refractivity contribution in [3.8, 4) is 0 Å². The van der Waals surface area contributed by atoms with Crippen LogP contribution in [0.2, 0.25) is 0 Å². The number of nitrogens with zero attached hydrogens (tertiary/aromatic N) is 1. The van der Waals surface area contributed by atoms with E-state index in [0.717, 1.165) is 18.6 Å². The Morgan fingerprint density at radius 3 is 2.90 bits per heavy atom. The molecule has 1 N–H and O–H groups in total. The number of rotatable bonds is 6. The van der Waals surface area contributed by atoms with Gasteiger partial charge in [-0.15, -0.1) is 0 Å². The zero-order valence-corrected chi connectivity index (χ0v) is 12.2. The van der Waals surface area contributed by atoms with Gasteiger partial charge < -0.3 is 14.7 Å². The first-order valence-electron chi connectivity index (χ1n) is 7.23. The summed E-state index contributed by atoms with van der Waals surface area (Å²) in [4.78, 5) is 24.4. The van der Waals surface area contributed by atoms with E-state index < -0.39 is 5.97 Å². The van der Waals surface area contributed by atoms with E-state index in [4.69, 9.17) is 9.84 Å². The van der Waals surface area contributed by atoms with Gasteiger partial charge in [-0.2, -0.15) is 0 Å². The Labute approximate surface area is 124 Å². The highest BCUT2D eigenvalue weighted by Crippen LogP contribution is 2.25. The van der Waals surface area contributed by atoms with Gasteiger partial charge in [0.2, 0.25) is 0 Å². The Kier molecular flexibility index (Phi) is 5.33. The standard InChI is InChI=1S/C16H21NO4/c1-17(8-3-6-15(18)19)16(20)13-5-2-4-12(10-13)14-7-9-21-11-14/h2,4-5,10,14H,3,6-9,11H2,1H3,(H,18,19). The second-order valence-corrected chi connectivity index (χ2v) is 5.41. The summed E-state index contributed by atoms with van der Waals surface area (Å²) >= 11 is 0. The Morgan fingerprint density at radius 2 is 2.24 bits per heavy atom. The van der Waals surface area contributed by atoms with Crippen LogP contribution >= 0.6 is 0 Å². The van der Waals surface area contributed by atoms with Crippen LogP contribution in [0.3, 0.4) is 0 Å². The molecule has 114 valence electrons. The van der Waals surface area contributed by atoms with Gasteiger partial charge in [0, 0.05) is 38.1 Å². The van der Waals surface area contributed by atoms with Crippen LogP contribution in [0.5, 0.6) is 0 Å². The van der Waals surface area contributed by atoms with Gasteiger partial charge in [0.05, 0.1) is 6.61 Å². The second-order valence-electron chi connectivity index (χ2n) is 5.41. The van der Waals surface area contributed by atoms with Crippen molar-refractivity contribution in [2.75, 3.05) is 26.8 Å². The number of carbonyl (C=O) groups excluding carboxylic acids is 1. The first kappa shape index (κ1) is 15.5.